The van der Waals surface area contributed by atoms with Gasteiger partial charge in [0.2, 0.25) is 5.95 Å². The number of aromatic nitrogens is 3. The summed E-state index contributed by atoms with van der Waals surface area (Å²) >= 11 is 0. The van der Waals surface area contributed by atoms with Crippen LogP contribution in [-0.4, -0.2) is 59.9 Å². The largest absolute Gasteiger partial charge is 0.337 e. The Kier molecular flexibility index (Phi) is 3.17. The second-order valence-corrected chi connectivity index (χ2v) is 3.91. The fraction of sp³-hybridized carbons (Fsp3) is 0.778. The number of rotatable bonds is 3. The third-order valence-corrected chi connectivity index (χ3v) is 2.69. The minimum absolute atomic E-state index is 0.609. The summed E-state index contributed by atoms with van der Waals surface area (Å²) in [5.74, 6) is 1.69. The molecule has 15 heavy (non-hydrogen) atoms. The molecule has 1 aromatic heterocycles. The lowest BCUT2D eigenvalue weighted by atomic mass is 10.3. The van der Waals surface area contributed by atoms with Crippen molar-refractivity contribution in [1.29, 1.82) is 0 Å². The van der Waals surface area contributed by atoms with Crippen LogP contribution in [0.5, 0.6) is 0 Å². The molecule has 1 aliphatic rings. The highest BCUT2D eigenvalue weighted by Crippen LogP contribution is 2.09. The van der Waals surface area contributed by atoms with Crippen LogP contribution in [0.25, 0.3) is 0 Å². The Balaban J connectivity index is 1.96. The first-order valence-electron chi connectivity index (χ1n) is 5.34. The van der Waals surface area contributed by atoms with Crippen molar-refractivity contribution in [1.82, 2.24) is 20.1 Å². The average Bonchev–Trinajstić information content (AvgIpc) is 2.68. The normalized spacial score (nSPS) is 18.4. The van der Waals surface area contributed by atoms with Crippen molar-refractivity contribution in [3.05, 3.63) is 5.82 Å². The molecule has 2 rings (SSSR count). The van der Waals surface area contributed by atoms with Crippen molar-refractivity contribution in [2.24, 2.45) is 5.73 Å². The molecule has 0 unspecified atom stereocenters. The third-order valence-electron chi connectivity index (χ3n) is 2.69. The number of piperazine rings is 1. The van der Waals surface area contributed by atoms with Crippen molar-refractivity contribution in [2.45, 2.75) is 6.42 Å². The van der Waals surface area contributed by atoms with E-state index in [0.717, 1.165) is 44.4 Å². The number of nitrogens with one attached hydrogen (secondary N) is 1. The van der Waals surface area contributed by atoms with Gasteiger partial charge in [-0.1, -0.05) is 0 Å². The van der Waals surface area contributed by atoms with Crippen LogP contribution in [0.15, 0.2) is 0 Å². The zero-order chi connectivity index (χ0) is 10.7. The molecular formula is C9H18N6. The molecule has 0 saturated carbocycles. The van der Waals surface area contributed by atoms with Gasteiger partial charge in [0.25, 0.3) is 0 Å². The lowest BCUT2D eigenvalue weighted by Crippen LogP contribution is -2.44. The van der Waals surface area contributed by atoms with E-state index >= 15 is 0 Å². The van der Waals surface area contributed by atoms with E-state index in [1.807, 2.05) is 0 Å². The van der Waals surface area contributed by atoms with Crippen molar-refractivity contribution in [3.63, 3.8) is 0 Å². The van der Waals surface area contributed by atoms with Gasteiger partial charge in [0.05, 0.1) is 0 Å². The third kappa shape index (κ3) is 2.45. The number of aromatic amines is 1. The van der Waals surface area contributed by atoms with Crippen LogP contribution in [0.4, 0.5) is 5.95 Å². The Morgan fingerprint density at radius 2 is 2.07 bits per heavy atom. The number of hydrogen-bond acceptors (Lipinski definition) is 5. The second-order valence-electron chi connectivity index (χ2n) is 3.91. The summed E-state index contributed by atoms with van der Waals surface area (Å²) in [4.78, 5) is 8.92. The first kappa shape index (κ1) is 10.4. The summed E-state index contributed by atoms with van der Waals surface area (Å²) in [5, 5.41) is 7.12. The number of likely N-dealkylation sites (N-methyl/N-ethyl adjacent to an activating group) is 1. The Labute approximate surface area is 89.5 Å². The zero-order valence-corrected chi connectivity index (χ0v) is 9.11. The standard InChI is InChI=1S/C9H18N6/c1-14-4-6-15(7-5-14)9-11-8(2-3-10)12-13-9/h2-7,10H2,1H3,(H,11,12,13). The molecule has 0 aromatic carbocycles. The van der Waals surface area contributed by atoms with Gasteiger partial charge in [0.1, 0.15) is 5.82 Å². The predicted octanol–water partition coefficient (Wildman–Crippen LogP) is -0.942. The summed E-state index contributed by atoms with van der Waals surface area (Å²) in [7, 11) is 2.13. The van der Waals surface area contributed by atoms with Crippen molar-refractivity contribution in [3.8, 4) is 0 Å². The maximum atomic E-state index is 5.46. The molecule has 0 bridgehead atoms. The van der Waals surface area contributed by atoms with Crippen molar-refractivity contribution >= 4 is 5.95 Å². The van der Waals surface area contributed by atoms with Gasteiger partial charge in [-0.3, -0.25) is 5.10 Å². The fourth-order valence-electron chi connectivity index (χ4n) is 1.68. The maximum absolute atomic E-state index is 5.46. The summed E-state index contributed by atoms with van der Waals surface area (Å²) in [6.07, 6.45) is 0.765. The highest BCUT2D eigenvalue weighted by molar-refractivity contribution is 5.29. The summed E-state index contributed by atoms with van der Waals surface area (Å²) in [6, 6.07) is 0. The minimum Gasteiger partial charge on any atom is -0.337 e. The van der Waals surface area contributed by atoms with Crippen LogP contribution >= 0.6 is 0 Å². The predicted molar refractivity (Wildman–Crippen MR) is 58.9 cm³/mol. The van der Waals surface area contributed by atoms with Crippen LogP contribution in [0, 0.1) is 0 Å². The maximum Gasteiger partial charge on any atom is 0.244 e. The molecule has 0 atom stereocenters. The number of nitrogens with zero attached hydrogens (tertiary/aromatic N) is 4. The molecule has 0 aliphatic carbocycles. The monoisotopic (exact) mass is 210 g/mol. The first-order chi connectivity index (χ1) is 7.29. The van der Waals surface area contributed by atoms with E-state index in [9.17, 15) is 0 Å². The van der Waals surface area contributed by atoms with Crippen LogP contribution in [0.3, 0.4) is 0 Å². The molecule has 1 fully saturated rings. The Bertz CT molecular complexity index is 301. The van der Waals surface area contributed by atoms with Gasteiger partial charge in [-0.05, 0) is 13.6 Å². The second kappa shape index (κ2) is 4.59. The number of anilines is 1. The van der Waals surface area contributed by atoms with Gasteiger partial charge in [-0.2, -0.15) is 4.98 Å². The molecular weight excluding hydrogens is 192 g/mol. The Morgan fingerprint density at radius 1 is 1.33 bits per heavy atom. The Morgan fingerprint density at radius 3 is 2.73 bits per heavy atom. The SMILES string of the molecule is CN1CCN(c2n[nH]c(CCN)n2)CC1. The molecule has 0 amide bonds. The van der Waals surface area contributed by atoms with Gasteiger partial charge in [0, 0.05) is 32.6 Å². The number of H-pyrrole nitrogens is 1. The van der Waals surface area contributed by atoms with Gasteiger partial charge >= 0.3 is 0 Å². The highest BCUT2D eigenvalue weighted by Gasteiger charge is 2.17. The van der Waals surface area contributed by atoms with Crippen molar-refractivity contribution in [2.75, 3.05) is 44.7 Å². The summed E-state index contributed by atoms with van der Waals surface area (Å²) < 4.78 is 0. The molecule has 1 saturated heterocycles. The Hall–Kier alpha value is -1.14. The topological polar surface area (TPSA) is 74.1 Å². The van der Waals surface area contributed by atoms with E-state index in [0.29, 0.717) is 6.54 Å². The molecule has 0 spiro atoms. The first-order valence-corrected chi connectivity index (χ1v) is 5.34. The van der Waals surface area contributed by atoms with E-state index in [1.165, 1.54) is 0 Å². The fourth-order valence-corrected chi connectivity index (χ4v) is 1.68. The average molecular weight is 210 g/mol. The smallest absolute Gasteiger partial charge is 0.244 e. The molecule has 6 heteroatoms. The van der Waals surface area contributed by atoms with Gasteiger partial charge in [0.15, 0.2) is 0 Å². The summed E-state index contributed by atoms with van der Waals surface area (Å²) in [6.45, 7) is 4.74. The van der Waals surface area contributed by atoms with E-state index < -0.39 is 0 Å². The van der Waals surface area contributed by atoms with Gasteiger partial charge < -0.3 is 15.5 Å². The van der Waals surface area contributed by atoms with Gasteiger partial charge in [-0.25, -0.2) is 0 Å². The molecule has 1 aromatic rings. The molecule has 3 N–H and O–H groups in total. The van der Waals surface area contributed by atoms with Crippen LogP contribution in [0.1, 0.15) is 5.82 Å². The summed E-state index contributed by atoms with van der Waals surface area (Å²) in [5.41, 5.74) is 5.46. The highest BCUT2D eigenvalue weighted by atomic mass is 15.4. The molecule has 84 valence electrons. The van der Waals surface area contributed by atoms with Crippen LogP contribution in [-0.2, 0) is 6.42 Å². The molecule has 6 nitrogen and oxygen atoms in total. The molecule has 0 radical (unpaired) electrons. The van der Waals surface area contributed by atoms with E-state index in [2.05, 4.69) is 32.0 Å². The van der Waals surface area contributed by atoms with E-state index in [-0.39, 0.29) is 0 Å². The quantitative estimate of drug-likeness (QED) is 0.673. The minimum atomic E-state index is 0.609. The molecule has 2 heterocycles. The van der Waals surface area contributed by atoms with E-state index in [1.54, 1.807) is 0 Å². The lowest BCUT2D eigenvalue weighted by Gasteiger charge is -2.31. The van der Waals surface area contributed by atoms with Gasteiger partial charge in [-0.15, -0.1) is 5.10 Å². The lowest BCUT2D eigenvalue weighted by molar-refractivity contribution is 0.311. The molecule has 1 aliphatic heterocycles. The zero-order valence-electron chi connectivity index (χ0n) is 9.11. The number of nitrogens with two attached hydrogens (primary N) is 1. The van der Waals surface area contributed by atoms with Crippen molar-refractivity contribution < 1.29 is 0 Å². The van der Waals surface area contributed by atoms with Crippen LogP contribution < -0.4 is 10.6 Å². The van der Waals surface area contributed by atoms with E-state index in [4.69, 9.17) is 5.73 Å². The number of hydrogen-bond donors (Lipinski definition) is 2. The van der Waals surface area contributed by atoms with Crippen LogP contribution in [0.2, 0.25) is 0 Å².